The van der Waals surface area contributed by atoms with Crippen molar-refractivity contribution in [2.45, 2.75) is 136 Å². The van der Waals surface area contributed by atoms with Gasteiger partial charge in [0, 0.05) is 5.56 Å². The maximum atomic E-state index is 13.0. The minimum absolute atomic E-state index is 0.0407. The largest absolute Gasteiger partial charge is 0.446 e. The fourth-order valence-electron chi connectivity index (χ4n) is 12.7. The van der Waals surface area contributed by atoms with E-state index in [0.717, 1.165) is 51.4 Å². The van der Waals surface area contributed by atoms with Crippen LogP contribution in [0.1, 0.15) is 124 Å². The second-order valence-electron chi connectivity index (χ2n) is 17.5. The van der Waals surface area contributed by atoms with Crippen LogP contribution < -0.4 is 4.18 Å². The highest BCUT2D eigenvalue weighted by molar-refractivity contribution is 7.86. The molecule has 0 spiro atoms. The van der Waals surface area contributed by atoms with Gasteiger partial charge in [0.15, 0.2) is 0 Å². The SMILES string of the molecule is CC1=CCCC(C)(C)[C@@H]1CC[C@@]1(C)[C@@H]2CC[C@]3(C)[C@H](CC[C@]4(C)c5c(S(=O)(=O)OO)ccc(OS(=O)(=O)O)c5C[C@@H]34)[C@@]2(C)CC[C@@H]1O. The van der Waals surface area contributed by atoms with Crippen molar-refractivity contribution in [3.63, 3.8) is 0 Å². The molecule has 0 heterocycles. The highest BCUT2D eigenvalue weighted by atomic mass is 32.3. The van der Waals surface area contributed by atoms with Gasteiger partial charge in [-0.2, -0.15) is 16.8 Å². The molecule has 47 heavy (non-hydrogen) atoms. The van der Waals surface area contributed by atoms with E-state index in [1.807, 2.05) is 6.92 Å². The lowest BCUT2D eigenvalue weighted by atomic mass is 9.36. The lowest BCUT2D eigenvalue weighted by Crippen LogP contribution is -2.63. The highest BCUT2D eigenvalue weighted by Crippen LogP contribution is 2.74. The number of rotatable bonds is 7. The average Bonchev–Trinajstić information content (AvgIpc) is 3.29. The van der Waals surface area contributed by atoms with Crippen molar-refractivity contribution >= 4 is 20.5 Å². The van der Waals surface area contributed by atoms with Crippen molar-refractivity contribution in [3.8, 4) is 5.75 Å². The number of allylic oxidation sites excluding steroid dienone is 2. The van der Waals surface area contributed by atoms with Crippen LogP contribution in [0.3, 0.4) is 0 Å². The maximum Gasteiger partial charge on any atom is 0.446 e. The normalized spacial score (nSPS) is 41.2. The lowest BCUT2D eigenvalue weighted by Gasteiger charge is -2.68. The van der Waals surface area contributed by atoms with Crippen molar-refractivity contribution in [2.24, 2.45) is 45.3 Å². The molecule has 11 heteroatoms. The Morgan fingerprint density at radius 1 is 0.872 bits per heavy atom. The van der Waals surface area contributed by atoms with E-state index >= 15 is 0 Å². The Hall–Kier alpha value is -1.50. The van der Waals surface area contributed by atoms with Crippen LogP contribution in [-0.2, 0) is 36.7 Å². The molecule has 0 unspecified atom stereocenters. The van der Waals surface area contributed by atoms with Crippen molar-refractivity contribution in [1.82, 2.24) is 0 Å². The van der Waals surface area contributed by atoms with Gasteiger partial charge < -0.3 is 9.29 Å². The summed E-state index contributed by atoms with van der Waals surface area (Å²) in [6.45, 7) is 16.2. The van der Waals surface area contributed by atoms with E-state index in [4.69, 9.17) is 4.18 Å². The molecule has 5 aliphatic rings. The van der Waals surface area contributed by atoms with Gasteiger partial charge in [-0.05, 0) is 146 Å². The average molecular weight is 695 g/mol. The van der Waals surface area contributed by atoms with Crippen LogP contribution >= 0.6 is 0 Å². The number of benzene rings is 1. The Morgan fingerprint density at radius 3 is 2.15 bits per heavy atom. The monoisotopic (exact) mass is 694 g/mol. The summed E-state index contributed by atoms with van der Waals surface area (Å²) in [5.74, 6) is 0.994. The summed E-state index contributed by atoms with van der Waals surface area (Å²) in [6.07, 6.45) is 11.8. The second-order valence-corrected chi connectivity index (χ2v) is 20.0. The fraction of sp³-hybridized carbons (Fsp3) is 0.778. The molecule has 9 nitrogen and oxygen atoms in total. The van der Waals surface area contributed by atoms with E-state index < -0.39 is 25.9 Å². The molecule has 0 saturated heterocycles. The van der Waals surface area contributed by atoms with Crippen LogP contribution in [0.25, 0.3) is 0 Å². The summed E-state index contributed by atoms with van der Waals surface area (Å²) in [4.78, 5) is -0.201. The van der Waals surface area contributed by atoms with E-state index in [2.05, 4.69) is 52.0 Å². The lowest BCUT2D eigenvalue weighted by molar-refractivity contribution is -0.208. The van der Waals surface area contributed by atoms with E-state index in [-0.39, 0.29) is 44.3 Å². The number of fused-ring (bicyclic) bond motifs is 7. The maximum absolute atomic E-state index is 13.0. The molecular weight excluding hydrogens is 641 g/mol. The second kappa shape index (κ2) is 11.3. The van der Waals surface area contributed by atoms with Gasteiger partial charge >= 0.3 is 20.5 Å². The molecule has 0 aliphatic heterocycles. The van der Waals surface area contributed by atoms with Crippen molar-refractivity contribution in [1.29, 1.82) is 0 Å². The molecule has 0 radical (unpaired) electrons. The molecule has 3 saturated carbocycles. The van der Waals surface area contributed by atoms with Crippen molar-refractivity contribution in [3.05, 3.63) is 34.9 Å². The first-order chi connectivity index (χ1) is 21.6. The molecule has 1 aromatic rings. The van der Waals surface area contributed by atoms with Crippen LogP contribution in [0.2, 0.25) is 0 Å². The zero-order valence-electron chi connectivity index (χ0n) is 29.0. The first-order valence-electron chi connectivity index (χ1n) is 17.4. The van der Waals surface area contributed by atoms with Gasteiger partial charge in [0.1, 0.15) is 10.6 Å². The molecule has 5 aliphatic carbocycles. The Balaban J connectivity index is 1.37. The van der Waals surface area contributed by atoms with Gasteiger partial charge in [-0.3, -0.25) is 4.55 Å². The fourth-order valence-corrected chi connectivity index (χ4v) is 14.0. The molecule has 0 amide bonds. The molecular formula is C36H54O9S2. The molecule has 6 rings (SSSR count). The van der Waals surface area contributed by atoms with Crippen LogP contribution in [-0.4, -0.2) is 37.9 Å². The Bertz CT molecular complexity index is 1680. The van der Waals surface area contributed by atoms with Gasteiger partial charge in [0.25, 0.3) is 0 Å². The van der Waals surface area contributed by atoms with E-state index in [0.29, 0.717) is 41.7 Å². The number of aliphatic hydroxyl groups is 1. The highest BCUT2D eigenvalue weighted by Gasteiger charge is 2.68. The van der Waals surface area contributed by atoms with Crippen LogP contribution in [0, 0.1) is 45.3 Å². The minimum Gasteiger partial charge on any atom is -0.393 e. The van der Waals surface area contributed by atoms with E-state index in [1.165, 1.54) is 24.1 Å². The number of hydrogen-bond acceptors (Lipinski definition) is 8. The molecule has 0 aromatic heterocycles. The van der Waals surface area contributed by atoms with Gasteiger partial charge in [-0.25, -0.2) is 5.26 Å². The summed E-state index contributed by atoms with van der Waals surface area (Å²) < 4.78 is 68.3. The molecule has 3 fully saturated rings. The molecule has 1 aromatic carbocycles. The van der Waals surface area contributed by atoms with Crippen LogP contribution in [0.5, 0.6) is 5.75 Å². The van der Waals surface area contributed by atoms with Gasteiger partial charge in [0.2, 0.25) is 0 Å². The van der Waals surface area contributed by atoms with Crippen LogP contribution in [0.15, 0.2) is 28.7 Å². The zero-order valence-corrected chi connectivity index (χ0v) is 30.6. The first-order valence-corrected chi connectivity index (χ1v) is 20.2. The quantitative estimate of drug-likeness (QED) is 0.113. The Morgan fingerprint density at radius 2 is 1.51 bits per heavy atom. The number of aliphatic hydroxyl groups excluding tert-OH is 1. The zero-order chi connectivity index (χ0) is 34.6. The summed E-state index contributed by atoms with van der Waals surface area (Å²) in [7, 11) is -9.42. The Kier molecular flexibility index (Phi) is 8.46. The minimum atomic E-state index is -4.87. The molecule has 3 N–H and O–H groups in total. The Labute approximate surface area is 281 Å². The summed E-state index contributed by atoms with van der Waals surface area (Å²) >= 11 is 0. The summed E-state index contributed by atoms with van der Waals surface area (Å²) in [5, 5.41) is 21.1. The molecule has 264 valence electrons. The number of hydrogen-bond donors (Lipinski definition) is 3. The predicted molar refractivity (Wildman–Crippen MR) is 179 cm³/mol. The third kappa shape index (κ3) is 5.36. The standard InChI is InChI=1S/C36H54O9S2/c1-22-9-8-16-32(2,3)24(22)12-17-35(6)28-13-18-34(5)27(33(28,4)20-15-30(35)37)14-19-36(7)29(34)21-23-25(44-47(41,42)43)10-11-26(31(23)36)46(39,40)45-38/h9-11,24,27-30,37-38H,8,12-21H2,1-7H3,(H,41,42,43)/t24-,27-,28-,29+,30+,33-,34-,35+,36+/m1/s1. The third-order valence-corrected chi connectivity index (χ3v) is 16.3. The topological polar surface area (TPSA) is 147 Å². The van der Waals surface area contributed by atoms with Gasteiger partial charge in [-0.15, -0.1) is 4.33 Å². The van der Waals surface area contributed by atoms with E-state index in [9.17, 15) is 31.8 Å². The van der Waals surface area contributed by atoms with E-state index in [1.54, 1.807) is 0 Å². The summed E-state index contributed by atoms with van der Waals surface area (Å²) in [5.41, 5.74) is 1.39. The third-order valence-electron chi connectivity index (χ3n) is 14.9. The summed E-state index contributed by atoms with van der Waals surface area (Å²) in [6, 6.07) is 2.42. The molecule has 0 bridgehead atoms. The first kappa shape index (κ1) is 35.3. The van der Waals surface area contributed by atoms with Crippen LogP contribution in [0.4, 0.5) is 0 Å². The van der Waals surface area contributed by atoms with Crippen molar-refractivity contribution < 1.29 is 40.3 Å². The smallest absolute Gasteiger partial charge is 0.393 e. The van der Waals surface area contributed by atoms with Crippen molar-refractivity contribution in [2.75, 3.05) is 0 Å². The molecule has 9 atom stereocenters. The van der Waals surface area contributed by atoms with Gasteiger partial charge in [-0.1, -0.05) is 53.2 Å². The predicted octanol–water partition coefficient (Wildman–Crippen LogP) is 7.63. The van der Waals surface area contributed by atoms with Gasteiger partial charge in [0.05, 0.1) is 6.10 Å².